The van der Waals surface area contributed by atoms with Gasteiger partial charge < -0.3 is 15.5 Å². The van der Waals surface area contributed by atoms with Crippen molar-refractivity contribution in [3.63, 3.8) is 0 Å². The van der Waals surface area contributed by atoms with E-state index in [1.807, 2.05) is 0 Å². The van der Waals surface area contributed by atoms with Gasteiger partial charge in [0.05, 0.1) is 5.75 Å². The van der Waals surface area contributed by atoms with Gasteiger partial charge in [-0.1, -0.05) is 0 Å². The van der Waals surface area contributed by atoms with E-state index in [1.165, 1.54) is 12.1 Å². The second-order valence-corrected chi connectivity index (χ2v) is 5.41. The molecule has 5 N–H and O–H groups in total. The van der Waals surface area contributed by atoms with Crippen LogP contribution in [0.3, 0.4) is 0 Å². The minimum absolute atomic E-state index is 0.150. The SMILES string of the molecule is NS(=O)(=O)CCCNC(=O)c1ccc(O)c(O)c1. The highest BCUT2D eigenvalue weighted by Crippen LogP contribution is 2.24. The number of hydrogen-bond donors (Lipinski definition) is 4. The average Bonchev–Trinajstić information content (AvgIpc) is 2.26. The normalized spacial score (nSPS) is 11.2. The molecular formula is C10H14N2O5S. The topological polar surface area (TPSA) is 130 Å². The Morgan fingerprint density at radius 1 is 1.28 bits per heavy atom. The zero-order valence-corrected chi connectivity index (χ0v) is 10.3. The number of hydrogen-bond acceptors (Lipinski definition) is 5. The van der Waals surface area contributed by atoms with Crippen molar-refractivity contribution in [2.24, 2.45) is 5.14 Å². The smallest absolute Gasteiger partial charge is 0.251 e. The van der Waals surface area contributed by atoms with Crippen LogP contribution in [0.5, 0.6) is 11.5 Å². The van der Waals surface area contributed by atoms with E-state index < -0.39 is 21.7 Å². The molecule has 0 aromatic heterocycles. The molecule has 0 unspecified atom stereocenters. The van der Waals surface area contributed by atoms with Crippen LogP contribution < -0.4 is 10.5 Å². The van der Waals surface area contributed by atoms with Gasteiger partial charge in [0.2, 0.25) is 10.0 Å². The van der Waals surface area contributed by atoms with E-state index in [9.17, 15) is 18.3 Å². The second-order valence-electron chi connectivity index (χ2n) is 3.68. The van der Waals surface area contributed by atoms with E-state index in [4.69, 9.17) is 10.2 Å². The molecule has 0 heterocycles. The molecule has 0 saturated heterocycles. The average molecular weight is 274 g/mol. The van der Waals surface area contributed by atoms with Gasteiger partial charge in [-0.05, 0) is 24.6 Å². The number of carbonyl (C=O) groups is 1. The van der Waals surface area contributed by atoms with E-state index in [0.29, 0.717) is 0 Å². The molecule has 100 valence electrons. The number of aromatic hydroxyl groups is 2. The Morgan fingerprint density at radius 3 is 2.50 bits per heavy atom. The molecular weight excluding hydrogens is 260 g/mol. The molecule has 7 nitrogen and oxygen atoms in total. The van der Waals surface area contributed by atoms with Crippen molar-refractivity contribution in [1.29, 1.82) is 0 Å². The van der Waals surface area contributed by atoms with Gasteiger partial charge >= 0.3 is 0 Å². The minimum atomic E-state index is -3.52. The summed E-state index contributed by atoms with van der Waals surface area (Å²) in [6, 6.07) is 3.64. The van der Waals surface area contributed by atoms with Crippen molar-refractivity contribution in [2.45, 2.75) is 6.42 Å². The Bertz CT molecular complexity index is 541. The van der Waals surface area contributed by atoms with Gasteiger partial charge in [-0.25, -0.2) is 13.6 Å². The van der Waals surface area contributed by atoms with Crippen molar-refractivity contribution in [3.05, 3.63) is 23.8 Å². The number of amides is 1. The summed E-state index contributed by atoms with van der Waals surface area (Å²) in [5.74, 6) is -1.40. The summed E-state index contributed by atoms with van der Waals surface area (Å²) in [7, 11) is -3.52. The number of benzene rings is 1. The zero-order chi connectivity index (χ0) is 13.8. The maximum absolute atomic E-state index is 11.5. The molecule has 1 aromatic rings. The summed E-state index contributed by atoms with van der Waals surface area (Å²) >= 11 is 0. The first kappa shape index (κ1) is 14.3. The summed E-state index contributed by atoms with van der Waals surface area (Å²) in [5, 5.41) is 25.5. The lowest BCUT2D eigenvalue weighted by Crippen LogP contribution is -2.27. The van der Waals surface area contributed by atoms with E-state index in [1.54, 1.807) is 0 Å². The fraction of sp³-hybridized carbons (Fsp3) is 0.300. The van der Waals surface area contributed by atoms with Gasteiger partial charge in [-0.15, -0.1) is 0 Å². The zero-order valence-electron chi connectivity index (χ0n) is 9.46. The Balaban J connectivity index is 2.48. The van der Waals surface area contributed by atoms with Gasteiger partial charge in [0.1, 0.15) is 0 Å². The van der Waals surface area contributed by atoms with Crippen molar-refractivity contribution < 1.29 is 23.4 Å². The van der Waals surface area contributed by atoms with Gasteiger partial charge in [0.25, 0.3) is 5.91 Å². The molecule has 0 fully saturated rings. The maximum Gasteiger partial charge on any atom is 0.251 e. The van der Waals surface area contributed by atoms with E-state index in [-0.39, 0.29) is 30.0 Å². The molecule has 0 aliphatic carbocycles. The lowest BCUT2D eigenvalue weighted by molar-refractivity contribution is 0.0953. The maximum atomic E-state index is 11.5. The van der Waals surface area contributed by atoms with Crippen LogP contribution >= 0.6 is 0 Å². The summed E-state index contributed by atoms with van der Waals surface area (Å²) in [5.41, 5.74) is 0.168. The van der Waals surface area contributed by atoms with E-state index >= 15 is 0 Å². The van der Waals surface area contributed by atoms with Crippen molar-refractivity contribution in [2.75, 3.05) is 12.3 Å². The molecule has 1 amide bonds. The highest BCUT2D eigenvalue weighted by molar-refractivity contribution is 7.89. The highest BCUT2D eigenvalue weighted by Gasteiger charge is 2.09. The van der Waals surface area contributed by atoms with Crippen LogP contribution in [0.1, 0.15) is 16.8 Å². The fourth-order valence-corrected chi connectivity index (χ4v) is 1.79. The third-order valence-electron chi connectivity index (χ3n) is 2.13. The first-order chi connectivity index (χ1) is 8.29. The van der Waals surface area contributed by atoms with Crippen LogP contribution in [-0.4, -0.2) is 36.8 Å². The molecule has 0 atom stereocenters. The first-order valence-electron chi connectivity index (χ1n) is 5.10. The minimum Gasteiger partial charge on any atom is -0.504 e. The lowest BCUT2D eigenvalue weighted by atomic mass is 10.2. The number of rotatable bonds is 5. The van der Waals surface area contributed by atoms with Crippen molar-refractivity contribution >= 4 is 15.9 Å². The Labute approximate surface area is 104 Å². The van der Waals surface area contributed by atoms with Gasteiger partial charge in [0.15, 0.2) is 11.5 Å². The summed E-state index contributed by atoms with van der Waals surface area (Å²) < 4.78 is 21.3. The number of sulfonamides is 1. The number of phenols is 2. The number of nitrogens with one attached hydrogen (secondary N) is 1. The molecule has 0 saturated carbocycles. The molecule has 0 aliphatic heterocycles. The molecule has 0 spiro atoms. The second kappa shape index (κ2) is 5.69. The molecule has 1 rings (SSSR count). The monoisotopic (exact) mass is 274 g/mol. The molecule has 0 bridgehead atoms. The van der Waals surface area contributed by atoms with E-state index in [2.05, 4.69) is 5.32 Å². The Kier molecular flexibility index (Phi) is 4.51. The number of phenolic OH excluding ortho intramolecular Hbond substituents is 2. The van der Waals surface area contributed by atoms with Gasteiger partial charge in [-0.2, -0.15) is 0 Å². The predicted octanol–water partition coefficient (Wildman–Crippen LogP) is -0.494. The third kappa shape index (κ3) is 4.60. The molecule has 18 heavy (non-hydrogen) atoms. The van der Waals surface area contributed by atoms with Gasteiger partial charge in [-0.3, -0.25) is 4.79 Å². The van der Waals surface area contributed by atoms with Crippen molar-refractivity contribution in [1.82, 2.24) is 5.32 Å². The Hall–Kier alpha value is -1.80. The number of primary sulfonamides is 1. The fourth-order valence-electron chi connectivity index (χ4n) is 1.24. The largest absolute Gasteiger partial charge is 0.504 e. The first-order valence-corrected chi connectivity index (χ1v) is 6.82. The van der Waals surface area contributed by atoms with Crippen LogP contribution in [0.4, 0.5) is 0 Å². The van der Waals surface area contributed by atoms with Crippen LogP contribution in [0.15, 0.2) is 18.2 Å². The molecule has 0 radical (unpaired) electrons. The summed E-state index contributed by atoms with van der Waals surface area (Å²) in [6.07, 6.45) is 0.203. The van der Waals surface area contributed by atoms with E-state index in [0.717, 1.165) is 6.07 Å². The summed E-state index contributed by atoms with van der Waals surface area (Å²) in [6.45, 7) is 0.150. The molecule has 1 aromatic carbocycles. The number of carbonyl (C=O) groups excluding carboxylic acids is 1. The lowest BCUT2D eigenvalue weighted by Gasteiger charge is -2.05. The molecule has 8 heteroatoms. The highest BCUT2D eigenvalue weighted by atomic mass is 32.2. The molecule has 0 aliphatic rings. The Morgan fingerprint density at radius 2 is 1.94 bits per heavy atom. The standard InChI is InChI=1S/C10H14N2O5S/c11-18(16,17)5-1-4-12-10(15)7-2-3-8(13)9(14)6-7/h2-3,6,13-14H,1,4-5H2,(H,12,15)(H2,11,16,17). The van der Waals surface area contributed by atoms with Crippen LogP contribution in [0.2, 0.25) is 0 Å². The quantitative estimate of drug-likeness (QED) is 0.425. The van der Waals surface area contributed by atoms with Crippen LogP contribution in [0, 0.1) is 0 Å². The number of nitrogens with two attached hydrogens (primary N) is 1. The van der Waals surface area contributed by atoms with Crippen molar-refractivity contribution in [3.8, 4) is 11.5 Å². The summed E-state index contributed by atoms with van der Waals surface area (Å²) in [4.78, 5) is 11.5. The predicted molar refractivity (Wildman–Crippen MR) is 64.7 cm³/mol. The third-order valence-corrected chi connectivity index (χ3v) is 2.99. The van der Waals surface area contributed by atoms with Crippen LogP contribution in [-0.2, 0) is 10.0 Å². The van der Waals surface area contributed by atoms with Gasteiger partial charge in [0, 0.05) is 12.1 Å². The van der Waals surface area contributed by atoms with Crippen LogP contribution in [0.25, 0.3) is 0 Å².